The molecule has 0 aliphatic carbocycles. The molecule has 1 N–H and O–H groups in total. The maximum absolute atomic E-state index is 14.1. The number of hydrogen-bond acceptors (Lipinski definition) is 6. The Kier molecular flexibility index (Phi) is 4.32. The van der Waals surface area contributed by atoms with Gasteiger partial charge in [-0.05, 0) is 37.6 Å². The predicted molar refractivity (Wildman–Crippen MR) is 121 cm³/mol. The topological polar surface area (TPSA) is 88.2 Å². The van der Waals surface area contributed by atoms with Crippen LogP contribution in [0.2, 0.25) is 5.02 Å². The molecular weight excluding hydrogens is 446 g/mol. The van der Waals surface area contributed by atoms with Gasteiger partial charge in [0, 0.05) is 17.7 Å². The maximum Gasteiger partial charge on any atom is 0.250 e. The van der Waals surface area contributed by atoms with Crippen molar-refractivity contribution in [2.75, 3.05) is 31.0 Å². The molecule has 3 fully saturated rings. The molecular formula is C24H22ClN3O5. The van der Waals surface area contributed by atoms with Crippen LogP contribution in [0.4, 0.5) is 11.4 Å². The molecule has 2 aromatic carbocycles. The highest BCUT2D eigenvalue weighted by molar-refractivity contribution is 6.35. The molecule has 4 aliphatic heterocycles. The van der Waals surface area contributed by atoms with Crippen LogP contribution in [0.5, 0.6) is 11.5 Å². The number of anilines is 2. The number of fused-ring (bicyclic) bond motifs is 7. The van der Waals surface area contributed by atoms with Crippen LogP contribution in [-0.4, -0.2) is 49.4 Å². The van der Waals surface area contributed by atoms with E-state index < -0.39 is 23.3 Å². The third-order valence-electron chi connectivity index (χ3n) is 7.60. The summed E-state index contributed by atoms with van der Waals surface area (Å²) in [5.74, 6) is -1.63. The lowest BCUT2D eigenvalue weighted by atomic mass is 9.75. The minimum Gasteiger partial charge on any atom is -0.497 e. The zero-order valence-corrected chi connectivity index (χ0v) is 18.9. The average molecular weight is 468 g/mol. The highest BCUT2D eigenvalue weighted by Gasteiger charge is 2.74. The van der Waals surface area contributed by atoms with Crippen LogP contribution >= 0.6 is 11.6 Å². The van der Waals surface area contributed by atoms with E-state index in [-0.39, 0.29) is 17.9 Å². The molecule has 4 atom stereocenters. The number of benzene rings is 2. The van der Waals surface area contributed by atoms with Crippen LogP contribution < -0.4 is 19.7 Å². The van der Waals surface area contributed by atoms with Gasteiger partial charge in [-0.1, -0.05) is 23.7 Å². The number of ether oxygens (including phenoxy) is 2. The Hall–Kier alpha value is -3.10. The molecule has 4 aliphatic rings. The Morgan fingerprint density at radius 2 is 1.91 bits per heavy atom. The standard InChI is InChI=1S/C24H22ClN3O5/c1-32-12-8-9-17(33-2)16(11-12)28-21(29)18-15-7-4-10-27(15)24(19(18)22(28)30)13-5-3-6-14(25)20(13)26-23(24)31/h3,5-6,8-9,11,15,18-19H,4,7,10H2,1-2H3,(H,26,31). The molecule has 9 heteroatoms. The van der Waals surface area contributed by atoms with Crippen molar-refractivity contribution >= 4 is 40.7 Å². The minimum absolute atomic E-state index is 0.205. The molecule has 2 aromatic rings. The van der Waals surface area contributed by atoms with E-state index in [1.54, 1.807) is 30.3 Å². The Labute approximate surface area is 195 Å². The highest BCUT2D eigenvalue weighted by Crippen LogP contribution is 2.61. The average Bonchev–Trinajstić information content (AvgIpc) is 3.52. The number of carbonyl (C=O) groups excluding carboxylic acids is 3. The van der Waals surface area contributed by atoms with E-state index in [0.717, 1.165) is 12.8 Å². The van der Waals surface area contributed by atoms with Gasteiger partial charge < -0.3 is 14.8 Å². The molecule has 3 amide bonds. The molecule has 4 unspecified atom stereocenters. The second-order valence-electron chi connectivity index (χ2n) is 8.84. The highest BCUT2D eigenvalue weighted by atomic mass is 35.5. The summed E-state index contributed by atoms with van der Waals surface area (Å²) in [5.41, 5.74) is 0.249. The van der Waals surface area contributed by atoms with Gasteiger partial charge in [-0.3, -0.25) is 19.3 Å². The fraction of sp³-hybridized carbons (Fsp3) is 0.375. The molecule has 4 heterocycles. The Morgan fingerprint density at radius 1 is 1.09 bits per heavy atom. The number of methoxy groups -OCH3 is 2. The fourth-order valence-electron chi connectivity index (χ4n) is 6.40. The SMILES string of the molecule is COc1ccc(OC)c(N2C(=O)C3C4CCCN4C4(C(=O)Nc5c(Cl)cccc54)C3C2=O)c1. The summed E-state index contributed by atoms with van der Waals surface area (Å²) < 4.78 is 10.8. The number of nitrogens with one attached hydrogen (secondary N) is 1. The molecule has 0 radical (unpaired) electrons. The zero-order chi connectivity index (χ0) is 23.1. The van der Waals surface area contributed by atoms with Gasteiger partial charge in [0.2, 0.25) is 11.8 Å². The van der Waals surface area contributed by atoms with Crippen LogP contribution in [0, 0.1) is 11.8 Å². The van der Waals surface area contributed by atoms with E-state index in [0.29, 0.717) is 40.0 Å². The first kappa shape index (κ1) is 20.5. The van der Waals surface area contributed by atoms with E-state index in [1.807, 2.05) is 6.07 Å². The molecule has 170 valence electrons. The van der Waals surface area contributed by atoms with E-state index in [9.17, 15) is 14.4 Å². The van der Waals surface area contributed by atoms with Crippen LogP contribution in [0.15, 0.2) is 36.4 Å². The number of rotatable bonds is 3. The van der Waals surface area contributed by atoms with Crippen molar-refractivity contribution in [3.05, 3.63) is 47.0 Å². The number of amides is 3. The van der Waals surface area contributed by atoms with Crippen molar-refractivity contribution in [3.63, 3.8) is 0 Å². The summed E-state index contributed by atoms with van der Waals surface area (Å²) in [4.78, 5) is 44.8. The van der Waals surface area contributed by atoms with E-state index >= 15 is 0 Å². The van der Waals surface area contributed by atoms with Gasteiger partial charge in [0.15, 0.2) is 0 Å². The molecule has 1 spiro atoms. The number of nitrogens with zero attached hydrogens (tertiary/aromatic N) is 2. The maximum atomic E-state index is 14.1. The molecule has 0 bridgehead atoms. The largest absolute Gasteiger partial charge is 0.497 e. The molecule has 0 aromatic heterocycles. The first-order valence-corrected chi connectivity index (χ1v) is 11.3. The predicted octanol–water partition coefficient (Wildman–Crippen LogP) is 2.79. The minimum atomic E-state index is -1.26. The van der Waals surface area contributed by atoms with Gasteiger partial charge in [-0.25, -0.2) is 4.90 Å². The monoisotopic (exact) mass is 467 g/mol. The summed E-state index contributed by atoms with van der Waals surface area (Å²) in [6.45, 7) is 0.639. The number of carbonyl (C=O) groups is 3. The molecule has 6 rings (SSSR count). The first-order chi connectivity index (χ1) is 15.9. The second kappa shape index (κ2) is 6.95. The van der Waals surface area contributed by atoms with E-state index in [1.165, 1.54) is 19.1 Å². The van der Waals surface area contributed by atoms with Crippen molar-refractivity contribution in [2.45, 2.75) is 24.4 Å². The van der Waals surface area contributed by atoms with Gasteiger partial charge in [0.1, 0.15) is 17.0 Å². The van der Waals surface area contributed by atoms with E-state index in [2.05, 4.69) is 10.2 Å². The van der Waals surface area contributed by atoms with Crippen molar-refractivity contribution in [3.8, 4) is 11.5 Å². The van der Waals surface area contributed by atoms with Gasteiger partial charge in [-0.15, -0.1) is 0 Å². The lowest BCUT2D eigenvalue weighted by Gasteiger charge is -2.36. The van der Waals surface area contributed by atoms with Crippen LogP contribution in [-0.2, 0) is 19.9 Å². The Balaban J connectivity index is 1.56. The van der Waals surface area contributed by atoms with E-state index in [4.69, 9.17) is 21.1 Å². The zero-order valence-electron chi connectivity index (χ0n) is 18.1. The van der Waals surface area contributed by atoms with Crippen molar-refractivity contribution in [1.82, 2.24) is 4.90 Å². The number of para-hydroxylation sites is 1. The number of hydrogen-bond donors (Lipinski definition) is 1. The third-order valence-corrected chi connectivity index (χ3v) is 7.92. The van der Waals surface area contributed by atoms with Crippen LogP contribution in [0.3, 0.4) is 0 Å². The Bertz CT molecular complexity index is 1230. The first-order valence-electron chi connectivity index (χ1n) is 10.9. The summed E-state index contributed by atoms with van der Waals surface area (Å²) in [7, 11) is 3.00. The van der Waals surface area contributed by atoms with Gasteiger partial charge in [0.05, 0.1) is 42.5 Å². The fourth-order valence-corrected chi connectivity index (χ4v) is 6.63. The summed E-state index contributed by atoms with van der Waals surface area (Å²) in [6.07, 6.45) is 1.59. The van der Waals surface area contributed by atoms with Gasteiger partial charge in [-0.2, -0.15) is 0 Å². The van der Waals surface area contributed by atoms with Crippen molar-refractivity contribution in [1.29, 1.82) is 0 Å². The smallest absolute Gasteiger partial charge is 0.250 e. The lowest BCUT2D eigenvalue weighted by molar-refractivity contribution is -0.135. The molecule has 8 nitrogen and oxygen atoms in total. The summed E-state index contributed by atoms with van der Waals surface area (Å²) >= 11 is 6.42. The third kappa shape index (κ3) is 2.37. The molecule has 0 saturated carbocycles. The Morgan fingerprint density at radius 3 is 2.67 bits per heavy atom. The summed E-state index contributed by atoms with van der Waals surface area (Å²) in [6, 6.07) is 10.1. The number of halogens is 1. The molecule has 33 heavy (non-hydrogen) atoms. The van der Waals surface area contributed by atoms with Gasteiger partial charge in [0.25, 0.3) is 5.91 Å². The van der Waals surface area contributed by atoms with Gasteiger partial charge >= 0.3 is 0 Å². The number of imide groups is 1. The second-order valence-corrected chi connectivity index (χ2v) is 9.25. The quantitative estimate of drug-likeness (QED) is 0.698. The van der Waals surface area contributed by atoms with Crippen LogP contribution in [0.1, 0.15) is 18.4 Å². The van der Waals surface area contributed by atoms with Crippen LogP contribution in [0.25, 0.3) is 0 Å². The summed E-state index contributed by atoms with van der Waals surface area (Å²) in [5, 5.41) is 3.33. The lowest BCUT2D eigenvalue weighted by Crippen LogP contribution is -2.54. The molecule has 3 saturated heterocycles. The van der Waals surface area contributed by atoms with Crippen molar-refractivity contribution in [2.24, 2.45) is 11.8 Å². The van der Waals surface area contributed by atoms with Crippen molar-refractivity contribution < 1.29 is 23.9 Å². The normalized spacial score (nSPS) is 30.0.